The quantitative estimate of drug-likeness (QED) is 0.654. The van der Waals surface area contributed by atoms with Gasteiger partial charge in [-0.15, -0.1) is 0 Å². The molecule has 6 heteroatoms. The Morgan fingerprint density at radius 2 is 2.18 bits per heavy atom. The third kappa shape index (κ3) is 2.42. The maximum Gasteiger partial charge on any atom is 0.406 e. The van der Waals surface area contributed by atoms with E-state index in [4.69, 9.17) is 11.6 Å². The Morgan fingerprint density at radius 3 is 2.55 bits per heavy atom. The maximum absolute atomic E-state index is 11.7. The molecule has 0 saturated carbocycles. The van der Waals surface area contributed by atoms with Gasteiger partial charge in [-0.2, -0.15) is 13.2 Å². The third-order valence-electron chi connectivity index (χ3n) is 1.01. The molecule has 1 aromatic heterocycles. The van der Waals surface area contributed by atoms with Gasteiger partial charge in [0.1, 0.15) is 11.7 Å². The van der Waals surface area contributed by atoms with E-state index in [9.17, 15) is 13.2 Å². The highest BCUT2D eigenvalue weighted by atomic mass is 35.5. The van der Waals surface area contributed by atoms with Gasteiger partial charge in [-0.3, -0.25) is 0 Å². The van der Waals surface area contributed by atoms with Crippen LogP contribution in [0.25, 0.3) is 0 Å². The van der Waals surface area contributed by atoms with Crippen molar-refractivity contribution in [1.29, 1.82) is 0 Å². The lowest BCUT2D eigenvalue weighted by Crippen LogP contribution is -2.16. The molecule has 0 unspecified atom stereocenters. The van der Waals surface area contributed by atoms with E-state index < -0.39 is 12.7 Å². The molecule has 0 atom stereocenters. The van der Waals surface area contributed by atoms with Crippen LogP contribution >= 0.6 is 11.6 Å². The van der Waals surface area contributed by atoms with Crippen LogP contribution in [0.3, 0.4) is 0 Å². The number of hydrogen-bond acceptors (Lipinski definition) is 1. The van der Waals surface area contributed by atoms with Crippen molar-refractivity contribution in [3.63, 3.8) is 0 Å². The minimum atomic E-state index is -4.25. The minimum absolute atomic E-state index is 0.0117. The van der Waals surface area contributed by atoms with Crippen LogP contribution in [-0.2, 0) is 6.54 Å². The summed E-state index contributed by atoms with van der Waals surface area (Å²) < 4.78 is 35.9. The summed E-state index contributed by atoms with van der Waals surface area (Å²) in [7, 11) is 0. The second kappa shape index (κ2) is 2.73. The number of alkyl halides is 3. The average molecular weight is 185 g/mol. The zero-order valence-corrected chi connectivity index (χ0v) is 6.02. The number of aromatic nitrogens is 2. The molecule has 0 aliphatic heterocycles. The van der Waals surface area contributed by atoms with E-state index in [0.29, 0.717) is 0 Å². The summed E-state index contributed by atoms with van der Waals surface area (Å²) in [6.45, 7) is -1.09. The van der Waals surface area contributed by atoms with Crippen molar-refractivity contribution < 1.29 is 13.2 Å². The van der Waals surface area contributed by atoms with Gasteiger partial charge in [0, 0.05) is 0 Å². The van der Waals surface area contributed by atoms with Crippen LogP contribution in [0.5, 0.6) is 0 Å². The van der Waals surface area contributed by atoms with Gasteiger partial charge in [0.25, 0.3) is 0 Å². The second-order valence-electron chi connectivity index (χ2n) is 1.96. The number of nitrogens with zero attached hydrogens (tertiary/aromatic N) is 2. The van der Waals surface area contributed by atoms with Crippen LogP contribution in [0.15, 0.2) is 12.5 Å². The first-order chi connectivity index (χ1) is 4.99. The molecule has 0 spiro atoms. The van der Waals surface area contributed by atoms with Crippen molar-refractivity contribution in [2.24, 2.45) is 0 Å². The zero-order chi connectivity index (χ0) is 8.48. The Bertz CT molecular complexity index is 242. The molecule has 0 bridgehead atoms. The lowest BCUT2D eigenvalue weighted by molar-refractivity contribution is -0.140. The van der Waals surface area contributed by atoms with Gasteiger partial charge in [0.15, 0.2) is 0 Å². The van der Waals surface area contributed by atoms with E-state index >= 15 is 0 Å². The number of rotatable bonds is 1. The number of hydrogen-bond donors (Lipinski definition) is 0. The predicted molar refractivity (Wildman–Crippen MR) is 33.3 cm³/mol. The lowest BCUT2D eigenvalue weighted by atomic mass is 10.6. The largest absolute Gasteiger partial charge is 0.406 e. The summed E-state index contributed by atoms with van der Waals surface area (Å²) in [6.07, 6.45) is -2.05. The Balaban J connectivity index is 2.72. The van der Waals surface area contributed by atoms with Crippen LogP contribution in [0.2, 0.25) is 5.15 Å². The van der Waals surface area contributed by atoms with E-state index in [1.165, 1.54) is 0 Å². The fourth-order valence-corrected chi connectivity index (χ4v) is 0.774. The molecule has 0 saturated heterocycles. The number of halogens is 4. The molecule has 11 heavy (non-hydrogen) atoms. The normalized spacial score (nSPS) is 12.0. The maximum atomic E-state index is 11.7. The SMILES string of the molecule is FC(F)(F)Cn1cncc1Cl. The monoisotopic (exact) mass is 184 g/mol. The predicted octanol–water partition coefficient (Wildman–Crippen LogP) is 2.10. The van der Waals surface area contributed by atoms with E-state index in [0.717, 1.165) is 17.1 Å². The van der Waals surface area contributed by atoms with Gasteiger partial charge >= 0.3 is 6.18 Å². The highest BCUT2D eigenvalue weighted by Crippen LogP contribution is 2.19. The smallest absolute Gasteiger partial charge is 0.313 e. The highest BCUT2D eigenvalue weighted by molar-refractivity contribution is 6.29. The first-order valence-corrected chi connectivity index (χ1v) is 3.09. The van der Waals surface area contributed by atoms with E-state index in [-0.39, 0.29) is 5.15 Å². The van der Waals surface area contributed by atoms with Crippen molar-refractivity contribution in [2.45, 2.75) is 12.7 Å². The molecule has 0 amide bonds. The highest BCUT2D eigenvalue weighted by Gasteiger charge is 2.28. The molecular weight excluding hydrogens is 181 g/mol. The van der Waals surface area contributed by atoms with Crippen LogP contribution in [0, 0.1) is 0 Å². The molecule has 0 aromatic carbocycles. The molecule has 0 fully saturated rings. The van der Waals surface area contributed by atoms with Crippen molar-refractivity contribution in [3.8, 4) is 0 Å². The molecular formula is C5H4ClF3N2. The summed E-state index contributed by atoms with van der Waals surface area (Å²) in [6, 6.07) is 0. The standard InChI is InChI=1S/C5H4ClF3N2/c6-4-1-10-3-11(4)2-5(7,8)9/h1,3H,2H2. The van der Waals surface area contributed by atoms with E-state index in [1.54, 1.807) is 0 Å². The molecule has 1 aromatic rings. The Kier molecular flexibility index (Phi) is 2.08. The van der Waals surface area contributed by atoms with Crippen LogP contribution in [0.4, 0.5) is 13.2 Å². The Labute approximate surface area is 65.6 Å². The molecule has 0 N–H and O–H groups in total. The Morgan fingerprint density at radius 1 is 1.55 bits per heavy atom. The molecule has 1 rings (SSSR count). The van der Waals surface area contributed by atoms with Gasteiger partial charge in [-0.05, 0) is 0 Å². The van der Waals surface area contributed by atoms with Crippen molar-refractivity contribution >= 4 is 11.6 Å². The molecule has 2 nitrogen and oxygen atoms in total. The lowest BCUT2D eigenvalue weighted by Gasteiger charge is -2.06. The van der Waals surface area contributed by atoms with Crippen molar-refractivity contribution in [1.82, 2.24) is 9.55 Å². The summed E-state index contributed by atoms with van der Waals surface area (Å²) in [5, 5.41) is -0.0117. The van der Waals surface area contributed by atoms with Crippen LogP contribution in [-0.4, -0.2) is 15.7 Å². The van der Waals surface area contributed by atoms with E-state index in [2.05, 4.69) is 4.98 Å². The first kappa shape index (κ1) is 8.39. The molecule has 62 valence electrons. The van der Waals surface area contributed by atoms with Gasteiger partial charge < -0.3 is 4.57 Å². The molecule has 0 aliphatic carbocycles. The van der Waals surface area contributed by atoms with Gasteiger partial charge in [0.2, 0.25) is 0 Å². The molecule has 1 heterocycles. The zero-order valence-electron chi connectivity index (χ0n) is 5.27. The Hall–Kier alpha value is -0.710. The van der Waals surface area contributed by atoms with Crippen molar-refractivity contribution in [3.05, 3.63) is 17.7 Å². The summed E-state index contributed by atoms with van der Waals surface area (Å²) in [5.74, 6) is 0. The minimum Gasteiger partial charge on any atom is -0.313 e. The second-order valence-corrected chi connectivity index (χ2v) is 2.35. The van der Waals surface area contributed by atoms with Crippen LogP contribution in [0.1, 0.15) is 0 Å². The fraction of sp³-hybridized carbons (Fsp3) is 0.400. The fourth-order valence-electron chi connectivity index (χ4n) is 0.614. The summed E-state index contributed by atoms with van der Waals surface area (Å²) in [5.41, 5.74) is 0. The molecule has 0 aliphatic rings. The summed E-state index contributed by atoms with van der Waals surface area (Å²) in [4.78, 5) is 3.44. The topological polar surface area (TPSA) is 17.8 Å². The number of imidazole rings is 1. The van der Waals surface area contributed by atoms with E-state index in [1.807, 2.05) is 0 Å². The van der Waals surface area contributed by atoms with Gasteiger partial charge in [-0.1, -0.05) is 11.6 Å². The van der Waals surface area contributed by atoms with Gasteiger partial charge in [0.05, 0.1) is 12.5 Å². The first-order valence-electron chi connectivity index (χ1n) is 2.71. The summed E-state index contributed by atoms with van der Waals surface area (Å²) >= 11 is 5.35. The third-order valence-corrected chi connectivity index (χ3v) is 1.33. The molecule has 0 radical (unpaired) electrons. The van der Waals surface area contributed by atoms with Gasteiger partial charge in [-0.25, -0.2) is 4.98 Å². The van der Waals surface area contributed by atoms with Crippen molar-refractivity contribution in [2.75, 3.05) is 0 Å². The van der Waals surface area contributed by atoms with Crippen LogP contribution < -0.4 is 0 Å². The average Bonchev–Trinajstić information content (AvgIpc) is 2.12.